The molecular weight excluding hydrogens is 266 g/mol. The predicted molar refractivity (Wildman–Crippen MR) is 83.1 cm³/mol. The number of carbonyl (C=O) groups excluding carboxylic acids is 1. The quantitative estimate of drug-likeness (QED) is 0.354. The molecule has 21 heavy (non-hydrogen) atoms. The maximum Gasteiger partial charge on any atom is 0.226 e. The Morgan fingerprint density at radius 2 is 1.95 bits per heavy atom. The maximum atomic E-state index is 12.7. The number of oxime groups is 1. The second kappa shape index (κ2) is 7.66. The zero-order valence-electron chi connectivity index (χ0n) is 13.1. The van der Waals surface area contributed by atoms with Gasteiger partial charge in [0.1, 0.15) is 0 Å². The van der Waals surface area contributed by atoms with Gasteiger partial charge in [-0.15, -0.1) is 0 Å². The third-order valence-electron chi connectivity index (χ3n) is 5.18. The van der Waals surface area contributed by atoms with Crippen molar-refractivity contribution in [2.45, 2.75) is 58.3 Å². The fourth-order valence-electron chi connectivity index (χ4n) is 4.12. The van der Waals surface area contributed by atoms with Gasteiger partial charge in [0, 0.05) is 12.5 Å². The first kappa shape index (κ1) is 16.1. The highest BCUT2D eigenvalue weighted by Gasteiger charge is 2.36. The highest BCUT2D eigenvalue weighted by molar-refractivity contribution is 5.87. The average molecular weight is 295 g/mol. The lowest BCUT2D eigenvalue weighted by Crippen LogP contribution is -2.44. The van der Waals surface area contributed by atoms with Gasteiger partial charge in [0.15, 0.2) is 5.84 Å². The van der Waals surface area contributed by atoms with E-state index >= 15 is 0 Å². The Hall–Kier alpha value is -1.26. The van der Waals surface area contributed by atoms with Crippen LogP contribution in [0, 0.1) is 17.8 Å². The standard InChI is InChI=1S/C16H29N3O2/c1-2-9-19(11-15(17)18-21)16(20)14-8-7-12-5-3-4-6-13(12)10-14/h12-14,21H,2-11H2,1H3,(H2,17,18). The summed E-state index contributed by atoms with van der Waals surface area (Å²) < 4.78 is 0. The predicted octanol–water partition coefficient (Wildman–Crippen LogP) is 2.58. The lowest BCUT2D eigenvalue weighted by molar-refractivity contribution is -0.137. The van der Waals surface area contributed by atoms with E-state index in [9.17, 15) is 4.79 Å². The van der Waals surface area contributed by atoms with Crippen molar-refractivity contribution >= 4 is 11.7 Å². The Labute approximate surface area is 127 Å². The second-order valence-electron chi connectivity index (χ2n) is 6.67. The fraction of sp³-hybridized carbons (Fsp3) is 0.875. The van der Waals surface area contributed by atoms with Crippen molar-refractivity contribution in [3.8, 4) is 0 Å². The third kappa shape index (κ3) is 4.11. The number of rotatable bonds is 5. The summed E-state index contributed by atoms with van der Waals surface area (Å²) in [5, 5.41) is 11.7. The first-order valence-electron chi connectivity index (χ1n) is 8.40. The summed E-state index contributed by atoms with van der Waals surface area (Å²) in [6, 6.07) is 0. The highest BCUT2D eigenvalue weighted by atomic mass is 16.4. The van der Waals surface area contributed by atoms with Crippen molar-refractivity contribution in [2.24, 2.45) is 28.6 Å². The molecule has 120 valence electrons. The summed E-state index contributed by atoms with van der Waals surface area (Å²) in [5.74, 6) is 2.05. The van der Waals surface area contributed by atoms with E-state index in [1.165, 1.54) is 32.1 Å². The number of amidine groups is 1. The van der Waals surface area contributed by atoms with Gasteiger partial charge in [-0.1, -0.05) is 37.8 Å². The lowest BCUT2D eigenvalue weighted by atomic mass is 9.67. The molecular formula is C16H29N3O2. The van der Waals surface area contributed by atoms with Crippen molar-refractivity contribution in [3.63, 3.8) is 0 Å². The van der Waals surface area contributed by atoms with E-state index in [-0.39, 0.29) is 24.2 Å². The fourth-order valence-corrected chi connectivity index (χ4v) is 4.12. The van der Waals surface area contributed by atoms with E-state index in [0.717, 1.165) is 31.1 Å². The zero-order valence-corrected chi connectivity index (χ0v) is 13.1. The van der Waals surface area contributed by atoms with E-state index in [4.69, 9.17) is 10.9 Å². The Morgan fingerprint density at radius 1 is 1.24 bits per heavy atom. The number of nitrogens with two attached hydrogens (primary N) is 1. The van der Waals surface area contributed by atoms with Crippen LogP contribution in [0.2, 0.25) is 0 Å². The van der Waals surface area contributed by atoms with Gasteiger partial charge in [0.2, 0.25) is 5.91 Å². The molecule has 3 unspecified atom stereocenters. The summed E-state index contributed by atoms with van der Waals surface area (Å²) in [6.45, 7) is 2.97. The second-order valence-corrected chi connectivity index (χ2v) is 6.67. The molecule has 5 heteroatoms. The minimum absolute atomic E-state index is 0.114. The number of carbonyl (C=O) groups is 1. The SMILES string of the molecule is CCCN(CC(N)=NO)C(=O)C1CCC2CCCCC2C1. The van der Waals surface area contributed by atoms with Crippen molar-refractivity contribution in [1.29, 1.82) is 0 Å². The smallest absolute Gasteiger partial charge is 0.226 e. The van der Waals surface area contributed by atoms with Crippen LogP contribution in [0.25, 0.3) is 0 Å². The molecule has 2 aliphatic rings. The van der Waals surface area contributed by atoms with Crippen LogP contribution in [0.4, 0.5) is 0 Å². The number of amides is 1. The molecule has 1 amide bonds. The van der Waals surface area contributed by atoms with Crippen molar-refractivity contribution in [1.82, 2.24) is 4.90 Å². The minimum atomic E-state index is 0.114. The average Bonchev–Trinajstić information content (AvgIpc) is 2.53. The lowest BCUT2D eigenvalue weighted by Gasteiger charge is -2.40. The van der Waals surface area contributed by atoms with Gasteiger partial charge in [-0.25, -0.2) is 0 Å². The van der Waals surface area contributed by atoms with E-state index in [1.54, 1.807) is 4.90 Å². The van der Waals surface area contributed by atoms with Gasteiger partial charge in [0.25, 0.3) is 0 Å². The molecule has 2 rings (SSSR count). The zero-order chi connectivity index (χ0) is 15.2. The topological polar surface area (TPSA) is 78.9 Å². The minimum Gasteiger partial charge on any atom is -0.409 e. The summed E-state index contributed by atoms with van der Waals surface area (Å²) >= 11 is 0. The molecule has 0 bridgehead atoms. The Bertz CT molecular complexity index is 384. The molecule has 2 aliphatic carbocycles. The molecule has 0 aromatic carbocycles. The van der Waals surface area contributed by atoms with Crippen LogP contribution in [0.1, 0.15) is 58.3 Å². The third-order valence-corrected chi connectivity index (χ3v) is 5.18. The molecule has 0 spiro atoms. The van der Waals surface area contributed by atoms with E-state index in [1.807, 2.05) is 6.92 Å². The van der Waals surface area contributed by atoms with Crippen LogP contribution in [-0.4, -0.2) is 34.9 Å². The molecule has 0 heterocycles. The molecule has 3 N–H and O–H groups in total. The molecule has 0 aliphatic heterocycles. The van der Waals surface area contributed by atoms with Crippen molar-refractivity contribution < 1.29 is 10.0 Å². The molecule has 0 aromatic rings. The molecule has 5 nitrogen and oxygen atoms in total. The normalized spacial score (nSPS) is 29.8. The van der Waals surface area contributed by atoms with E-state index in [0.29, 0.717) is 6.54 Å². The summed E-state index contributed by atoms with van der Waals surface area (Å²) in [4.78, 5) is 14.5. The number of hydrogen-bond acceptors (Lipinski definition) is 3. The monoisotopic (exact) mass is 295 g/mol. The number of nitrogens with zero attached hydrogens (tertiary/aromatic N) is 2. The molecule has 2 saturated carbocycles. The van der Waals surface area contributed by atoms with Crippen LogP contribution >= 0.6 is 0 Å². The van der Waals surface area contributed by atoms with Gasteiger partial charge in [0.05, 0.1) is 6.54 Å². The molecule has 0 radical (unpaired) electrons. The Kier molecular flexibility index (Phi) is 5.88. The summed E-state index contributed by atoms with van der Waals surface area (Å²) in [5.41, 5.74) is 5.58. The van der Waals surface area contributed by atoms with Crippen molar-refractivity contribution in [3.05, 3.63) is 0 Å². The van der Waals surface area contributed by atoms with Gasteiger partial charge in [-0.05, 0) is 37.5 Å². The molecule has 0 saturated heterocycles. The first-order chi connectivity index (χ1) is 10.2. The van der Waals surface area contributed by atoms with E-state index in [2.05, 4.69) is 5.16 Å². The van der Waals surface area contributed by atoms with Crippen LogP contribution in [0.3, 0.4) is 0 Å². The molecule has 2 fully saturated rings. The van der Waals surface area contributed by atoms with Gasteiger partial charge in [-0.3, -0.25) is 4.79 Å². The van der Waals surface area contributed by atoms with Crippen LogP contribution in [0.15, 0.2) is 5.16 Å². The molecule has 3 atom stereocenters. The highest BCUT2D eigenvalue weighted by Crippen LogP contribution is 2.43. The Balaban J connectivity index is 1.96. The van der Waals surface area contributed by atoms with Gasteiger partial charge in [-0.2, -0.15) is 0 Å². The number of fused-ring (bicyclic) bond motifs is 1. The van der Waals surface area contributed by atoms with Crippen LogP contribution < -0.4 is 5.73 Å². The van der Waals surface area contributed by atoms with Gasteiger partial charge < -0.3 is 15.8 Å². The van der Waals surface area contributed by atoms with Gasteiger partial charge >= 0.3 is 0 Å². The maximum absolute atomic E-state index is 12.7. The largest absolute Gasteiger partial charge is 0.409 e. The van der Waals surface area contributed by atoms with Crippen molar-refractivity contribution in [2.75, 3.05) is 13.1 Å². The summed E-state index contributed by atoms with van der Waals surface area (Å²) in [6.07, 6.45) is 9.48. The number of hydrogen-bond donors (Lipinski definition) is 2. The van der Waals surface area contributed by atoms with Crippen LogP contribution in [-0.2, 0) is 4.79 Å². The molecule has 0 aromatic heterocycles. The Morgan fingerprint density at radius 3 is 2.62 bits per heavy atom. The van der Waals surface area contributed by atoms with E-state index < -0.39 is 0 Å². The van der Waals surface area contributed by atoms with Crippen LogP contribution in [0.5, 0.6) is 0 Å². The summed E-state index contributed by atoms with van der Waals surface area (Å²) in [7, 11) is 0. The first-order valence-corrected chi connectivity index (χ1v) is 8.40.